The van der Waals surface area contributed by atoms with Gasteiger partial charge in [0.2, 0.25) is 0 Å². The van der Waals surface area contributed by atoms with Gasteiger partial charge in [0.25, 0.3) is 11.5 Å². The standard InChI is InChI=1S/C24H31N5O2/c1-24(2,3)20-11-9-17(23(31)27-20)22(30)25-16-8-10-19-18(14-16)26-21(28(19)4)15-29-12-6-5-7-13-29/h8-11,14H,5-7,12-13,15H2,1-4H3,(H,25,30)(H,27,31). The first kappa shape index (κ1) is 21.3. The number of hydrogen-bond acceptors (Lipinski definition) is 4. The molecule has 3 heterocycles. The Morgan fingerprint density at radius 3 is 2.55 bits per heavy atom. The van der Waals surface area contributed by atoms with Crippen molar-refractivity contribution >= 4 is 22.6 Å². The molecule has 164 valence electrons. The molecule has 0 atom stereocenters. The van der Waals surface area contributed by atoms with E-state index >= 15 is 0 Å². The average molecular weight is 422 g/mol. The van der Waals surface area contributed by atoms with Crippen molar-refractivity contribution in [3.8, 4) is 0 Å². The van der Waals surface area contributed by atoms with Gasteiger partial charge in [0.1, 0.15) is 11.4 Å². The number of likely N-dealkylation sites (tertiary alicyclic amines) is 1. The molecule has 4 rings (SSSR count). The number of fused-ring (bicyclic) bond motifs is 1. The number of rotatable bonds is 4. The quantitative estimate of drug-likeness (QED) is 0.671. The smallest absolute Gasteiger partial charge is 0.261 e. The number of anilines is 1. The third-order valence-corrected chi connectivity index (χ3v) is 6.01. The Kier molecular flexibility index (Phi) is 5.71. The summed E-state index contributed by atoms with van der Waals surface area (Å²) >= 11 is 0. The number of H-pyrrole nitrogens is 1. The van der Waals surface area contributed by atoms with E-state index in [4.69, 9.17) is 4.98 Å². The van der Waals surface area contributed by atoms with E-state index in [2.05, 4.69) is 19.8 Å². The van der Waals surface area contributed by atoms with Gasteiger partial charge >= 0.3 is 0 Å². The monoisotopic (exact) mass is 421 g/mol. The van der Waals surface area contributed by atoms with Gasteiger partial charge in [0.05, 0.1) is 17.6 Å². The largest absolute Gasteiger partial charge is 0.330 e. The van der Waals surface area contributed by atoms with Crippen molar-refractivity contribution in [1.82, 2.24) is 19.4 Å². The van der Waals surface area contributed by atoms with Gasteiger partial charge in [-0.15, -0.1) is 0 Å². The molecule has 1 fully saturated rings. The molecule has 0 unspecified atom stereocenters. The average Bonchev–Trinajstić information content (AvgIpc) is 3.02. The number of piperidine rings is 1. The summed E-state index contributed by atoms with van der Waals surface area (Å²) < 4.78 is 2.12. The molecule has 1 aromatic carbocycles. The molecule has 0 radical (unpaired) electrons. The number of benzene rings is 1. The minimum Gasteiger partial charge on any atom is -0.330 e. The molecule has 2 aromatic heterocycles. The summed E-state index contributed by atoms with van der Waals surface area (Å²) in [5.74, 6) is 0.597. The van der Waals surface area contributed by atoms with Crippen molar-refractivity contribution in [1.29, 1.82) is 0 Å². The predicted octanol–water partition coefficient (Wildman–Crippen LogP) is 3.80. The molecule has 1 amide bonds. The van der Waals surface area contributed by atoms with Gasteiger partial charge in [-0.2, -0.15) is 0 Å². The van der Waals surface area contributed by atoms with Crippen LogP contribution in [0.5, 0.6) is 0 Å². The van der Waals surface area contributed by atoms with Crippen molar-refractivity contribution in [2.45, 2.75) is 52.0 Å². The fourth-order valence-electron chi connectivity index (χ4n) is 4.07. The third-order valence-electron chi connectivity index (χ3n) is 6.01. The number of nitrogens with zero attached hydrogens (tertiary/aromatic N) is 3. The lowest BCUT2D eigenvalue weighted by atomic mass is 9.91. The van der Waals surface area contributed by atoms with Crippen LogP contribution in [0.25, 0.3) is 11.0 Å². The zero-order valence-corrected chi connectivity index (χ0v) is 18.8. The molecule has 0 saturated carbocycles. The third kappa shape index (κ3) is 4.56. The van der Waals surface area contributed by atoms with Gasteiger partial charge < -0.3 is 14.9 Å². The number of pyridine rings is 1. The zero-order valence-electron chi connectivity index (χ0n) is 18.8. The summed E-state index contributed by atoms with van der Waals surface area (Å²) in [6.07, 6.45) is 3.80. The summed E-state index contributed by atoms with van der Waals surface area (Å²) in [7, 11) is 2.03. The maximum atomic E-state index is 12.7. The molecule has 3 aromatic rings. The van der Waals surface area contributed by atoms with Crippen LogP contribution in [0, 0.1) is 0 Å². The van der Waals surface area contributed by atoms with Gasteiger partial charge in [-0.25, -0.2) is 4.98 Å². The highest BCUT2D eigenvalue weighted by atomic mass is 16.2. The second-order valence-electron chi connectivity index (χ2n) is 9.45. The van der Waals surface area contributed by atoms with E-state index in [1.807, 2.05) is 46.0 Å². The topological polar surface area (TPSA) is 83.0 Å². The molecule has 1 aliphatic rings. The van der Waals surface area contributed by atoms with Crippen molar-refractivity contribution in [3.05, 3.63) is 57.8 Å². The molecule has 0 aliphatic carbocycles. The molecule has 31 heavy (non-hydrogen) atoms. The highest BCUT2D eigenvalue weighted by molar-refractivity contribution is 6.04. The first-order valence-electron chi connectivity index (χ1n) is 11.0. The fraction of sp³-hybridized carbons (Fsp3) is 0.458. The SMILES string of the molecule is Cn1c(CN2CCCCC2)nc2cc(NC(=O)c3ccc(C(C)(C)C)[nH]c3=O)ccc21. The van der Waals surface area contributed by atoms with E-state index in [9.17, 15) is 9.59 Å². The van der Waals surface area contributed by atoms with Crippen LogP contribution in [-0.4, -0.2) is 38.4 Å². The lowest BCUT2D eigenvalue weighted by molar-refractivity contribution is 0.102. The van der Waals surface area contributed by atoms with Crippen LogP contribution in [0.15, 0.2) is 35.1 Å². The second kappa shape index (κ2) is 8.30. The van der Waals surface area contributed by atoms with Gasteiger partial charge in [-0.3, -0.25) is 14.5 Å². The number of carbonyl (C=O) groups excluding carboxylic acids is 1. The molecular weight excluding hydrogens is 390 g/mol. The number of imidazole rings is 1. The van der Waals surface area contributed by atoms with Gasteiger partial charge in [0, 0.05) is 23.8 Å². The van der Waals surface area contributed by atoms with Crippen LogP contribution in [0.1, 0.15) is 61.9 Å². The van der Waals surface area contributed by atoms with E-state index in [0.29, 0.717) is 5.69 Å². The van der Waals surface area contributed by atoms with Crippen molar-refractivity contribution in [3.63, 3.8) is 0 Å². The van der Waals surface area contributed by atoms with Crippen molar-refractivity contribution in [2.24, 2.45) is 7.05 Å². The lowest BCUT2D eigenvalue weighted by Crippen LogP contribution is -2.30. The number of aromatic amines is 1. The van der Waals surface area contributed by atoms with Crippen molar-refractivity contribution < 1.29 is 4.79 Å². The summed E-state index contributed by atoms with van der Waals surface area (Å²) in [6, 6.07) is 9.06. The van der Waals surface area contributed by atoms with Gasteiger partial charge in [-0.05, 0) is 56.3 Å². The van der Waals surface area contributed by atoms with Gasteiger partial charge in [0.15, 0.2) is 0 Å². The van der Waals surface area contributed by atoms with Crippen LogP contribution in [0.3, 0.4) is 0 Å². The van der Waals surface area contributed by atoms with E-state index in [1.54, 1.807) is 12.1 Å². The number of aromatic nitrogens is 3. The van der Waals surface area contributed by atoms with E-state index in [-0.39, 0.29) is 16.5 Å². The Labute approximate surface area is 182 Å². The Morgan fingerprint density at radius 1 is 1.13 bits per heavy atom. The summed E-state index contributed by atoms with van der Waals surface area (Å²) in [5, 5.41) is 2.84. The first-order chi connectivity index (χ1) is 14.7. The molecule has 1 aliphatic heterocycles. The predicted molar refractivity (Wildman–Crippen MR) is 124 cm³/mol. The molecule has 0 spiro atoms. The molecular formula is C24H31N5O2. The van der Waals surface area contributed by atoms with E-state index < -0.39 is 5.91 Å². The molecule has 7 heteroatoms. The van der Waals surface area contributed by atoms with Crippen molar-refractivity contribution in [2.75, 3.05) is 18.4 Å². The molecule has 1 saturated heterocycles. The Morgan fingerprint density at radius 2 is 1.87 bits per heavy atom. The first-order valence-corrected chi connectivity index (χ1v) is 11.0. The number of amides is 1. The lowest BCUT2D eigenvalue weighted by Gasteiger charge is -2.25. The highest BCUT2D eigenvalue weighted by Gasteiger charge is 2.19. The number of hydrogen-bond donors (Lipinski definition) is 2. The minimum atomic E-state index is -0.425. The zero-order chi connectivity index (χ0) is 22.2. The van der Waals surface area contributed by atoms with Gasteiger partial charge in [-0.1, -0.05) is 27.2 Å². The molecule has 2 N–H and O–H groups in total. The Hall–Kier alpha value is -2.93. The summed E-state index contributed by atoms with van der Waals surface area (Å²) in [4.78, 5) is 35.2. The van der Waals surface area contributed by atoms with Crippen LogP contribution < -0.4 is 10.9 Å². The fourth-order valence-corrected chi connectivity index (χ4v) is 4.07. The van der Waals surface area contributed by atoms with Crippen LogP contribution in [0.4, 0.5) is 5.69 Å². The van der Waals surface area contributed by atoms with Crippen LogP contribution >= 0.6 is 0 Å². The maximum Gasteiger partial charge on any atom is 0.261 e. The number of aryl methyl sites for hydroxylation is 1. The number of carbonyl (C=O) groups is 1. The maximum absolute atomic E-state index is 12.7. The summed E-state index contributed by atoms with van der Waals surface area (Å²) in [5.41, 5.74) is 2.81. The van der Waals surface area contributed by atoms with Crippen LogP contribution in [0.2, 0.25) is 0 Å². The van der Waals surface area contributed by atoms with E-state index in [0.717, 1.165) is 42.2 Å². The van der Waals surface area contributed by atoms with Crippen LogP contribution in [-0.2, 0) is 19.0 Å². The molecule has 7 nitrogen and oxygen atoms in total. The Bertz CT molecular complexity index is 1160. The normalized spacial score (nSPS) is 15.4. The summed E-state index contributed by atoms with van der Waals surface area (Å²) in [6.45, 7) is 9.11. The van der Waals surface area contributed by atoms with E-state index in [1.165, 1.54) is 19.3 Å². The highest BCUT2D eigenvalue weighted by Crippen LogP contribution is 2.22. The second-order valence-corrected chi connectivity index (χ2v) is 9.45. The Balaban J connectivity index is 1.53. The number of nitrogens with one attached hydrogen (secondary N) is 2. The molecule has 0 bridgehead atoms. The minimum absolute atomic E-state index is 0.0971.